The highest BCUT2D eigenvalue weighted by molar-refractivity contribution is 5.91. The van der Waals surface area contributed by atoms with Crippen LogP contribution in [0.1, 0.15) is 5.56 Å². The third-order valence-corrected chi connectivity index (χ3v) is 4.24. The number of para-hydroxylation sites is 1. The Morgan fingerprint density at radius 1 is 0.731 bits per heavy atom. The van der Waals surface area contributed by atoms with E-state index in [0.717, 1.165) is 34.7 Å². The van der Waals surface area contributed by atoms with E-state index in [4.69, 9.17) is 9.97 Å². The second-order valence-corrected chi connectivity index (χ2v) is 6.10. The lowest BCUT2D eigenvalue weighted by atomic mass is 10.1. The molecule has 0 aliphatic carbocycles. The van der Waals surface area contributed by atoms with Crippen molar-refractivity contribution in [1.29, 1.82) is 0 Å². The second-order valence-electron chi connectivity index (χ2n) is 6.10. The first-order valence-corrected chi connectivity index (χ1v) is 8.38. The fourth-order valence-electron chi connectivity index (χ4n) is 3.00. The summed E-state index contributed by atoms with van der Waals surface area (Å²) in [5.74, 6) is 1.71. The van der Waals surface area contributed by atoms with Gasteiger partial charge in [-0.1, -0.05) is 72.8 Å². The van der Waals surface area contributed by atoms with Crippen LogP contribution in [0.15, 0.2) is 84.9 Å². The summed E-state index contributed by atoms with van der Waals surface area (Å²) in [5.41, 5.74) is 3.25. The van der Waals surface area contributed by atoms with Crippen LogP contribution in [-0.2, 0) is 6.54 Å². The van der Waals surface area contributed by atoms with Crippen LogP contribution in [0.25, 0.3) is 22.3 Å². The number of nitrogens with zero attached hydrogens (tertiary/aromatic N) is 3. The summed E-state index contributed by atoms with van der Waals surface area (Å²) in [6.07, 6.45) is 0. The van der Waals surface area contributed by atoms with Gasteiger partial charge < -0.3 is 4.90 Å². The molecule has 0 radical (unpaired) electrons. The summed E-state index contributed by atoms with van der Waals surface area (Å²) in [6.45, 7) is 0.802. The van der Waals surface area contributed by atoms with Gasteiger partial charge in [-0.05, 0) is 17.7 Å². The highest BCUT2D eigenvalue weighted by Crippen LogP contribution is 2.27. The molecule has 4 heteroatoms. The van der Waals surface area contributed by atoms with Crippen molar-refractivity contribution < 1.29 is 0 Å². The molecule has 3 aromatic carbocycles. The molecule has 4 aromatic rings. The Hall–Kier alpha value is -2.91. The zero-order valence-corrected chi connectivity index (χ0v) is 15.4. The average molecular weight is 362 g/mol. The van der Waals surface area contributed by atoms with Crippen molar-refractivity contribution in [2.24, 2.45) is 0 Å². The van der Waals surface area contributed by atoms with Crippen molar-refractivity contribution in [2.75, 3.05) is 11.9 Å². The molecule has 1 heterocycles. The van der Waals surface area contributed by atoms with Gasteiger partial charge in [0.25, 0.3) is 0 Å². The molecular formula is C22H20ClN3. The first-order chi connectivity index (χ1) is 12.3. The second kappa shape index (κ2) is 7.98. The molecule has 0 bridgehead atoms. The lowest BCUT2D eigenvalue weighted by molar-refractivity contribution is 0.902. The number of anilines is 1. The summed E-state index contributed by atoms with van der Waals surface area (Å²) in [6, 6.07) is 28.8. The van der Waals surface area contributed by atoms with E-state index in [1.165, 1.54) is 5.56 Å². The van der Waals surface area contributed by atoms with E-state index < -0.39 is 0 Å². The van der Waals surface area contributed by atoms with Crippen molar-refractivity contribution in [3.8, 4) is 11.4 Å². The Balaban J connectivity index is 0.00000196. The van der Waals surface area contributed by atoms with Gasteiger partial charge in [0.2, 0.25) is 0 Å². The molecule has 4 rings (SSSR count). The van der Waals surface area contributed by atoms with E-state index in [-0.39, 0.29) is 12.4 Å². The minimum atomic E-state index is 0. The first-order valence-electron chi connectivity index (χ1n) is 8.38. The Morgan fingerprint density at radius 2 is 1.35 bits per heavy atom. The molecule has 26 heavy (non-hydrogen) atoms. The summed E-state index contributed by atoms with van der Waals surface area (Å²) in [5, 5.41) is 1.07. The maximum atomic E-state index is 4.88. The summed E-state index contributed by atoms with van der Waals surface area (Å²) in [7, 11) is 2.08. The molecule has 0 amide bonds. The van der Waals surface area contributed by atoms with E-state index in [9.17, 15) is 0 Å². The molecule has 0 aliphatic rings. The molecule has 0 spiro atoms. The number of hydrogen-bond acceptors (Lipinski definition) is 3. The minimum Gasteiger partial charge on any atom is -0.355 e. The van der Waals surface area contributed by atoms with Crippen molar-refractivity contribution >= 4 is 29.1 Å². The largest absolute Gasteiger partial charge is 0.355 e. The average Bonchev–Trinajstić information content (AvgIpc) is 2.68. The number of aromatic nitrogens is 2. The molecule has 0 atom stereocenters. The van der Waals surface area contributed by atoms with Crippen molar-refractivity contribution in [1.82, 2.24) is 9.97 Å². The number of fused-ring (bicyclic) bond motifs is 1. The normalized spacial score (nSPS) is 10.3. The van der Waals surface area contributed by atoms with Crippen molar-refractivity contribution in [3.05, 3.63) is 90.5 Å². The SMILES string of the molecule is CN(Cc1ccccc1)c1nc(-c2ccccc2)nc2ccccc12.Cl. The molecule has 3 nitrogen and oxygen atoms in total. The highest BCUT2D eigenvalue weighted by atomic mass is 35.5. The monoisotopic (exact) mass is 361 g/mol. The van der Waals surface area contributed by atoms with Crippen LogP contribution in [-0.4, -0.2) is 17.0 Å². The van der Waals surface area contributed by atoms with Crippen LogP contribution in [0.4, 0.5) is 5.82 Å². The maximum absolute atomic E-state index is 4.88. The molecule has 0 saturated carbocycles. The van der Waals surface area contributed by atoms with Crippen LogP contribution >= 0.6 is 12.4 Å². The molecular weight excluding hydrogens is 342 g/mol. The molecule has 1 aromatic heterocycles. The van der Waals surface area contributed by atoms with Gasteiger partial charge >= 0.3 is 0 Å². The fourth-order valence-corrected chi connectivity index (χ4v) is 3.00. The highest BCUT2D eigenvalue weighted by Gasteiger charge is 2.12. The van der Waals surface area contributed by atoms with Crippen molar-refractivity contribution in [2.45, 2.75) is 6.54 Å². The van der Waals surface area contributed by atoms with Gasteiger partial charge in [-0.2, -0.15) is 0 Å². The standard InChI is InChI=1S/C22H19N3.ClH/c1-25(16-17-10-4-2-5-11-17)22-19-14-8-9-15-20(19)23-21(24-22)18-12-6-3-7-13-18;/h2-15H,16H2,1H3;1H. The third-order valence-electron chi connectivity index (χ3n) is 4.24. The minimum absolute atomic E-state index is 0. The lowest BCUT2D eigenvalue weighted by Gasteiger charge is -2.21. The molecule has 130 valence electrons. The predicted molar refractivity (Wildman–Crippen MR) is 111 cm³/mol. The first kappa shape index (κ1) is 17.9. The topological polar surface area (TPSA) is 29.0 Å². The molecule has 0 fully saturated rings. The predicted octanol–water partition coefficient (Wildman–Crippen LogP) is 5.36. The van der Waals surface area contributed by atoms with Crippen molar-refractivity contribution in [3.63, 3.8) is 0 Å². The fraction of sp³-hybridized carbons (Fsp3) is 0.0909. The van der Waals surface area contributed by atoms with Crippen LogP contribution in [0.2, 0.25) is 0 Å². The molecule has 0 aliphatic heterocycles. The van der Waals surface area contributed by atoms with E-state index in [1.54, 1.807) is 0 Å². The van der Waals surface area contributed by atoms with Gasteiger partial charge in [-0.15, -0.1) is 12.4 Å². The van der Waals surface area contributed by atoms with Gasteiger partial charge in [0.15, 0.2) is 5.82 Å². The molecule has 0 saturated heterocycles. The quantitative estimate of drug-likeness (QED) is 0.490. The van der Waals surface area contributed by atoms with Crippen LogP contribution in [0, 0.1) is 0 Å². The zero-order valence-electron chi connectivity index (χ0n) is 14.5. The van der Waals surface area contributed by atoms with Crippen LogP contribution < -0.4 is 4.90 Å². The summed E-state index contributed by atoms with van der Waals surface area (Å²) < 4.78 is 0. The third kappa shape index (κ3) is 3.68. The van der Waals surface area contributed by atoms with Gasteiger partial charge in [0.1, 0.15) is 5.82 Å². The van der Waals surface area contributed by atoms with Gasteiger partial charge in [0.05, 0.1) is 5.52 Å². The molecule has 0 unspecified atom stereocenters. The van der Waals surface area contributed by atoms with E-state index >= 15 is 0 Å². The summed E-state index contributed by atoms with van der Waals surface area (Å²) in [4.78, 5) is 11.8. The lowest BCUT2D eigenvalue weighted by Crippen LogP contribution is -2.18. The van der Waals surface area contributed by atoms with Gasteiger partial charge in [-0.25, -0.2) is 9.97 Å². The number of benzene rings is 3. The van der Waals surface area contributed by atoms with E-state index in [1.807, 2.05) is 54.6 Å². The van der Waals surface area contributed by atoms with Gasteiger partial charge in [0, 0.05) is 24.5 Å². The number of rotatable bonds is 4. The smallest absolute Gasteiger partial charge is 0.162 e. The Morgan fingerprint density at radius 3 is 2.08 bits per heavy atom. The van der Waals surface area contributed by atoms with Crippen LogP contribution in [0.3, 0.4) is 0 Å². The van der Waals surface area contributed by atoms with Crippen LogP contribution in [0.5, 0.6) is 0 Å². The Kier molecular flexibility index (Phi) is 5.49. The zero-order chi connectivity index (χ0) is 17.1. The number of halogens is 1. The Bertz CT molecular complexity index is 988. The van der Waals surface area contributed by atoms with E-state index in [0.29, 0.717) is 0 Å². The summed E-state index contributed by atoms with van der Waals surface area (Å²) >= 11 is 0. The maximum Gasteiger partial charge on any atom is 0.162 e. The van der Waals surface area contributed by atoms with Gasteiger partial charge in [-0.3, -0.25) is 0 Å². The Labute approximate surface area is 159 Å². The van der Waals surface area contributed by atoms with E-state index in [2.05, 4.69) is 42.3 Å². The molecule has 0 N–H and O–H groups in total. The number of hydrogen-bond donors (Lipinski definition) is 0.